The van der Waals surface area contributed by atoms with E-state index in [1.807, 2.05) is 76.2 Å². The predicted molar refractivity (Wildman–Crippen MR) is 145 cm³/mol. The molecule has 8 heteroatoms. The molecule has 202 valence electrons. The predicted octanol–water partition coefficient (Wildman–Crippen LogP) is 4.58. The quantitative estimate of drug-likeness (QED) is 0.552. The molecule has 1 heterocycles. The minimum absolute atomic E-state index is 0.0570. The van der Waals surface area contributed by atoms with Crippen molar-refractivity contribution in [2.45, 2.75) is 102 Å². The molecule has 2 fully saturated rings. The van der Waals surface area contributed by atoms with Crippen molar-refractivity contribution in [1.82, 2.24) is 14.9 Å². The van der Waals surface area contributed by atoms with Crippen LogP contribution >= 0.6 is 0 Å². The Balaban J connectivity index is 1.83. The van der Waals surface area contributed by atoms with Gasteiger partial charge in [0, 0.05) is 18.6 Å². The Bertz CT molecular complexity index is 910. The molecule has 1 aliphatic heterocycles. The highest BCUT2D eigenvalue weighted by atomic mass is 32.2. The summed E-state index contributed by atoms with van der Waals surface area (Å²) >= 11 is 0. The largest absolute Gasteiger partial charge is 0.444 e. The fourth-order valence-corrected chi connectivity index (χ4v) is 7.00. The normalized spacial score (nSPS) is 24.8. The van der Waals surface area contributed by atoms with Gasteiger partial charge in [-0.05, 0) is 78.2 Å². The van der Waals surface area contributed by atoms with Gasteiger partial charge in [-0.25, -0.2) is 13.3 Å². The fraction of sp³-hybridized carbons (Fsp3) is 0.714. The molecule has 2 aliphatic rings. The summed E-state index contributed by atoms with van der Waals surface area (Å²) in [7, 11) is -1.48. The zero-order chi connectivity index (χ0) is 26.5. The van der Waals surface area contributed by atoms with Crippen LogP contribution in [0.5, 0.6) is 0 Å². The van der Waals surface area contributed by atoms with Crippen molar-refractivity contribution in [3.63, 3.8) is 0 Å². The molecule has 5 atom stereocenters. The topological polar surface area (TPSA) is 87.7 Å². The summed E-state index contributed by atoms with van der Waals surface area (Å²) in [6.45, 7) is 12.2. The number of ether oxygens (including phenoxy) is 1. The number of alkyl carbamates (subject to hydrolysis) is 1. The molecule has 0 aromatic heterocycles. The minimum Gasteiger partial charge on any atom is -0.444 e. The Morgan fingerprint density at radius 2 is 1.69 bits per heavy atom. The van der Waals surface area contributed by atoms with E-state index in [0.717, 1.165) is 24.8 Å². The van der Waals surface area contributed by atoms with Gasteiger partial charge in [0.1, 0.15) is 22.6 Å². The Morgan fingerprint density at radius 1 is 1.06 bits per heavy atom. The SMILES string of the molecule is CC(C)(C)NC(=O)[C@@H]1C[C@@H]2CCCC[C@@H]2CN1S(=O)C(CNC(=O)OC(C)(C)C)Cc1ccccc1. The zero-order valence-corrected chi connectivity index (χ0v) is 23.7. The van der Waals surface area contributed by atoms with Gasteiger partial charge in [0.05, 0.1) is 5.25 Å². The van der Waals surface area contributed by atoms with Crippen LogP contribution in [0.4, 0.5) is 4.79 Å². The molecule has 0 bridgehead atoms. The van der Waals surface area contributed by atoms with Gasteiger partial charge in [-0.1, -0.05) is 49.6 Å². The number of fused-ring (bicyclic) bond motifs is 1. The maximum Gasteiger partial charge on any atom is 0.407 e. The first kappa shape index (κ1) is 28.6. The summed E-state index contributed by atoms with van der Waals surface area (Å²) in [5.74, 6) is 0.895. The van der Waals surface area contributed by atoms with E-state index in [0.29, 0.717) is 24.8 Å². The van der Waals surface area contributed by atoms with Crippen molar-refractivity contribution in [3.05, 3.63) is 35.9 Å². The molecule has 1 aromatic carbocycles. The highest BCUT2D eigenvalue weighted by Gasteiger charge is 2.44. The van der Waals surface area contributed by atoms with E-state index in [9.17, 15) is 13.8 Å². The van der Waals surface area contributed by atoms with E-state index < -0.39 is 28.7 Å². The fourth-order valence-electron chi connectivity index (χ4n) is 5.28. The average Bonchev–Trinajstić information content (AvgIpc) is 2.79. The molecule has 2 amide bonds. The van der Waals surface area contributed by atoms with Crippen molar-refractivity contribution < 1.29 is 18.5 Å². The molecule has 2 N–H and O–H groups in total. The summed E-state index contributed by atoms with van der Waals surface area (Å²) in [5, 5.41) is 5.58. The van der Waals surface area contributed by atoms with Gasteiger partial charge in [0.25, 0.3) is 0 Å². The van der Waals surface area contributed by atoms with E-state index in [2.05, 4.69) is 10.6 Å². The number of nitrogens with zero attached hydrogens (tertiary/aromatic N) is 1. The lowest BCUT2D eigenvalue weighted by atomic mass is 9.73. The number of nitrogens with one attached hydrogen (secondary N) is 2. The lowest BCUT2D eigenvalue weighted by Gasteiger charge is -2.46. The number of rotatable bonds is 7. The van der Waals surface area contributed by atoms with E-state index >= 15 is 0 Å². The van der Waals surface area contributed by atoms with Gasteiger partial charge in [0.15, 0.2) is 0 Å². The third kappa shape index (κ3) is 8.58. The third-order valence-corrected chi connectivity index (χ3v) is 8.62. The van der Waals surface area contributed by atoms with E-state index in [1.165, 1.54) is 12.8 Å². The maximum atomic E-state index is 14.2. The lowest BCUT2D eigenvalue weighted by molar-refractivity contribution is -0.128. The summed E-state index contributed by atoms with van der Waals surface area (Å²) in [5.41, 5.74) is 0.0667. The number of piperidine rings is 1. The first-order valence-electron chi connectivity index (χ1n) is 13.3. The summed E-state index contributed by atoms with van der Waals surface area (Å²) in [6, 6.07) is 9.45. The van der Waals surface area contributed by atoms with E-state index in [1.54, 1.807) is 0 Å². The van der Waals surface area contributed by atoms with Crippen LogP contribution in [0.3, 0.4) is 0 Å². The average molecular weight is 520 g/mol. The van der Waals surface area contributed by atoms with Gasteiger partial charge >= 0.3 is 6.09 Å². The van der Waals surface area contributed by atoms with Crippen molar-refractivity contribution in [2.75, 3.05) is 13.1 Å². The van der Waals surface area contributed by atoms with Crippen LogP contribution in [0.2, 0.25) is 0 Å². The molecule has 1 saturated carbocycles. The second-order valence-electron chi connectivity index (χ2n) is 12.4. The third-order valence-electron chi connectivity index (χ3n) is 6.85. The van der Waals surface area contributed by atoms with Crippen LogP contribution in [0.25, 0.3) is 0 Å². The van der Waals surface area contributed by atoms with E-state index in [-0.39, 0.29) is 23.2 Å². The van der Waals surface area contributed by atoms with Crippen molar-refractivity contribution >= 4 is 23.0 Å². The highest BCUT2D eigenvalue weighted by Crippen LogP contribution is 2.39. The van der Waals surface area contributed by atoms with Crippen LogP contribution in [0.1, 0.15) is 79.2 Å². The van der Waals surface area contributed by atoms with Gasteiger partial charge in [-0.3, -0.25) is 4.79 Å². The molecule has 0 radical (unpaired) electrons. The number of carbonyl (C=O) groups excluding carboxylic acids is 2. The molecule has 2 unspecified atom stereocenters. The Hall–Kier alpha value is -1.93. The molecule has 3 rings (SSSR count). The zero-order valence-electron chi connectivity index (χ0n) is 22.8. The molecule has 1 aliphatic carbocycles. The standard InChI is InChI=1S/C28H45N3O4S/c1-27(2,3)30-25(32)24-17-21-14-10-11-15-22(21)19-31(24)36(34)23(16-20-12-8-7-9-13-20)18-29-26(33)35-28(4,5)6/h7-9,12-13,21-24H,10-11,14-19H2,1-6H3,(H,29,33)(H,30,32)/t21-,22+,23?,24-,36?/m0/s1. The van der Waals surface area contributed by atoms with E-state index in [4.69, 9.17) is 4.74 Å². The second kappa shape index (κ2) is 12.1. The molecule has 7 nitrogen and oxygen atoms in total. The number of hydrogen-bond acceptors (Lipinski definition) is 4. The van der Waals surface area contributed by atoms with Gasteiger partial charge < -0.3 is 15.4 Å². The molecule has 0 spiro atoms. The Labute approximate surface area is 219 Å². The van der Waals surface area contributed by atoms with Crippen LogP contribution in [0.15, 0.2) is 30.3 Å². The maximum absolute atomic E-state index is 14.2. The smallest absolute Gasteiger partial charge is 0.407 e. The van der Waals surface area contributed by atoms with Crippen LogP contribution in [0, 0.1) is 11.8 Å². The number of carbonyl (C=O) groups is 2. The van der Waals surface area contributed by atoms with Crippen molar-refractivity contribution in [2.24, 2.45) is 11.8 Å². The first-order valence-corrected chi connectivity index (χ1v) is 14.5. The molecular formula is C28H45N3O4S. The van der Waals surface area contributed by atoms with Gasteiger partial charge in [-0.2, -0.15) is 0 Å². The molecular weight excluding hydrogens is 474 g/mol. The van der Waals surface area contributed by atoms with Crippen molar-refractivity contribution in [1.29, 1.82) is 0 Å². The number of hydrogen-bond donors (Lipinski definition) is 2. The highest BCUT2D eigenvalue weighted by molar-refractivity contribution is 7.83. The van der Waals surface area contributed by atoms with Gasteiger partial charge in [0.2, 0.25) is 5.91 Å². The molecule has 1 saturated heterocycles. The summed E-state index contributed by atoms with van der Waals surface area (Å²) in [6.07, 6.45) is 5.38. The summed E-state index contributed by atoms with van der Waals surface area (Å²) < 4.78 is 21.6. The van der Waals surface area contributed by atoms with Gasteiger partial charge in [-0.15, -0.1) is 0 Å². The van der Waals surface area contributed by atoms with Crippen LogP contribution in [-0.4, -0.2) is 56.0 Å². The lowest BCUT2D eigenvalue weighted by Crippen LogP contribution is -2.59. The minimum atomic E-state index is -1.48. The first-order chi connectivity index (χ1) is 16.8. The molecule has 1 aromatic rings. The monoisotopic (exact) mass is 519 g/mol. The number of benzene rings is 1. The summed E-state index contributed by atoms with van der Waals surface area (Å²) in [4.78, 5) is 25.9. The molecule has 36 heavy (non-hydrogen) atoms. The van der Waals surface area contributed by atoms with Crippen LogP contribution < -0.4 is 10.6 Å². The second-order valence-corrected chi connectivity index (χ2v) is 14.1. The van der Waals surface area contributed by atoms with Crippen LogP contribution in [-0.2, 0) is 26.9 Å². The Morgan fingerprint density at radius 3 is 2.31 bits per heavy atom. The number of amides is 2. The van der Waals surface area contributed by atoms with Crippen molar-refractivity contribution in [3.8, 4) is 0 Å². The Kier molecular flexibility index (Phi) is 9.61.